The lowest BCUT2D eigenvalue weighted by Gasteiger charge is -2.24. The lowest BCUT2D eigenvalue weighted by atomic mass is 10.1. The van der Waals surface area contributed by atoms with E-state index in [2.05, 4.69) is 9.97 Å². The Hall–Kier alpha value is -2.88. The Balaban J connectivity index is 2.11. The van der Waals surface area contributed by atoms with Crippen LogP contribution in [0.3, 0.4) is 0 Å². The summed E-state index contributed by atoms with van der Waals surface area (Å²) in [4.78, 5) is 32.7. The molecule has 7 heteroatoms. The number of imidazole rings is 1. The van der Waals surface area contributed by atoms with Crippen LogP contribution in [0.1, 0.15) is 32.5 Å². The zero-order valence-corrected chi connectivity index (χ0v) is 14.2. The average Bonchev–Trinajstić information content (AvgIpc) is 2.89. The fourth-order valence-electron chi connectivity index (χ4n) is 2.12. The maximum atomic E-state index is 12.4. The number of fused-ring (bicyclic) bond motifs is 1. The molecule has 1 amide bonds. The number of aromatic nitrogens is 2. The smallest absolute Gasteiger partial charge is 0.410 e. The maximum absolute atomic E-state index is 12.4. The van der Waals surface area contributed by atoms with Crippen molar-refractivity contribution in [1.29, 1.82) is 5.26 Å². The average molecular weight is 328 g/mol. The van der Waals surface area contributed by atoms with Crippen molar-refractivity contribution >= 4 is 22.9 Å². The molecule has 0 bridgehead atoms. The van der Waals surface area contributed by atoms with Gasteiger partial charge in [-0.25, -0.2) is 9.78 Å². The number of ketones is 1. The minimum atomic E-state index is -1.07. The SMILES string of the molecule is CN(CC(=O)[C@H](C#N)c1nc2ccccc2[nH]1)C(=O)OC(C)(C)C. The van der Waals surface area contributed by atoms with E-state index in [1.165, 1.54) is 7.05 Å². The molecular weight excluding hydrogens is 308 g/mol. The van der Waals surface area contributed by atoms with Gasteiger partial charge in [0.25, 0.3) is 0 Å². The third kappa shape index (κ3) is 4.10. The largest absolute Gasteiger partial charge is 0.444 e. The van der Waals surface area contributed by atoms with Crippen molar-refractivity contribution in [2.24, 2.45) is 0 Å². The number of amides is 1. The molecule has 0 saturated heterocycles. The van der Waals surface area contributed by atoms with Crippen molar-refractivity contribution in [3.8, 4) is 6.07 Å². The zero-order chi connectivity index (χ0) is 17.9. The first kappa shape index (κ1) is 17.5. The van der Waals surface area contributed by atoms with Crippen molar-refractivity contribution in [1.82, 2.24) is 14.9 Å². The summed E-state index contributed by atoms with van der Waals surface area (Å²) >= 11 is 0. The lowest BCUT2D eigenvalue weighted by molar-refractivity contribution is -0.120. The van der Waals surface area contributed by atoms with Crippen molar-refractivity contribution in [2.75, 3.05) is 13.6 Å². The van der Waals surface area contributed by atoms with Gasteiger partial charge in [-0.1, -0.05) is 12.1 Å². The summed E-state index contributed by atoms with van der Waals surface area (Å²) < 4.78 is 5.20. The highest BCUT2D eigenvalue weighted by Crippen LogP contribution is 2.18. The molecule has 1 heterocycles. The van der Waals surface area contributed by atoms with Crippen LogP contribution < -0.4 is 0 Å². The van der Waals surface area contributed by atoms with Gasteiger partial charge in [-0.05, 0) is 32.9 Å². The van der Waals surface area contributed by atoms with Gasteiger partial charge in [-0.15, -0.1) is 0 Å². The third-order valence-electron chi connectivity index (χ3n) is 3.23. The van der Waals surface area contributed by atoms with Crippen LogP contribution in [0.4, 0.5) is 4.79 Å². The van der Waals surface area contributed by atoms with Crippen LogP contribution in [0.2, 0.25) is 0 Å². The number of carbonyl (C=O) groups excluding carboxylic acids is 2. The number of nitrogens with one attached hydrogen (secondary N) is 1. The Labute approximate surface area is 140 Å². The molecule has 0 aliphatic heterocycles. The lowest BCUT2D eigenvalue weighted by Crippen LogP contribution is -2.38. The highest BCUT2D eigenvalue weighted by molar-refractivity contribution is 5.92. The van der Waals surface area contributed by atoms with Crippen LogP contribution in [-0.2, 0) is 9.53 Å². The number of para-hydroxylation sites is 2. The summed E-state index contributed by atoms with van der Waals surface area (Å²) in [7, 11) is 1.46. The number of ether oxygens (including phenoxy) is 1. The Morgan fingerprint density at radius 2 is 2.04 bits per heavy atom. The number of H-pyrrole nitrogens is 1. The predicted molar refractivity (Wildman–Crippen MR) is 88.3 cm³/mol. The molecule has 1 atom stereocenters. The Morgan fingerprint density at radius 3 is 2.62 bits per heavy atom. The quantitative estimate of drug-likeness (QED) is 0.930. The first-order valence-corrected chi connectivity index (χ1v) is 7.52. The summed E-state index contributed by atoms with van der Waals surface area (Å²) in [6.45, 7) is 5.00. The van der Waals surface area contributed by atoms with E-state index in [0.717, 1.165) is 10.4 Å². The Kier molecular flexibility index (Phi) is 4.88. The van der Waals surface area contributed by atoms with Gasteiger partial charge in [0, 0.05) is 7.05 Å². The number of rotatable bonds is 4. The molecule has 0 radical (unpaired) electrons. The van der Waals surface area contributed by atoms with Gasteiger partial charge >= 0.3 is 6.09 Å². The molecule has 1 aromatic heterocycles. The molecule has 0 spiro atoms. The number of benzene rings is 1. The Bertz CT molecular complexity index is 765. The number of nitriles is 1. The second kappa shape index (κ2) is 6.71. The molecule has 0 unspecified atom stereocenters. The molecule has 0 aliphatic carbocycles. The number of likely N-dealkylation sites (N-methyl/N-ethyl adjacent to an activating group) is 1. The minimum absolute atomic E-state index is 0.232. The third-order valence-corrected chi connectivity index (χ3v) is 3.23. The van der Waals surface area contributed by atoms with E-state index in [0.29, 0.717) is 5.52 Å². The van der Waals surface area contributed by atoms with E-state index in [1.54, 1.807) is 26.8 Å². The van der Waals surface area contributed by atoms with Gasteiger partial charge in [0.1, 0.15) is 11.4 Å². The number of hydrogen-bond donors (Lipinski definition) is 1. The number of hydrogen-bond acceptors (Lipinski definition) is 5. The molecule has 7 nitrogen and oxygen atoms in total. The van der Waals surface area contributed by atoms with E-state index in [4.69, 9.17) is 4.74 Å². The number of carbonyl (C=O) groups is 2. The normalized spacial score (nSPS) is 12.5. The fraction of sp³-hybridized carbons (Fsp3) is 0.412. The summed E-state index contributed by atoms with van der Waals surface area (Å²) in [6.07, 6.45) is -0.614. The first-order chi connectivity index (χ1) is 11.2. The van der Waals surface area contributed by atoms with E-state index in [1.807, 2.05) is 24.3 Å². The molecule has 0 saturated carbocycles. The molecule has 126 valence electrons. The molecule has 24 heavy (non-hydrogen) atoms. The summed E-state index contributed by atoms with van der Waals surface area (Å²) in [6, 6.07) is 9.22. The predicted octanol–water partition coefficient (Wildman–Crippen LogP) is 2.61. The van der Waals surface area contributed by atoms with Gasteiger partial charge in [0.05, 0.1) is 23.6 Å². The molecule has 2 rings (SSSR count). The highest BCUT2D eigenvalue weighted by atomic mass is 16.6. The first-order valence-electron chi connectivity index (χ1n) is 7.52. The van der Waals surface area contributed by atoms with Gasteiger partial charge in [-0.2, -0.15) is 5.26 Å². The van der Waals surface area contributed by atoms with Crippen molar-refractivity contribution in [2.45, 2.75) is 32.3 Å². The zero-order valence-electron chi connectivity index (χ0n) is 14.2. The van der Waals surface area contributed by atoms with Crippen LogP contribution in [0.15, 0.2) is 24.3 Å². The number of aromatic amines is 1. The monoisotopic (exact) mass is 328 g/mol. The molecular formula is C17H20N4O3. The molecule has 0 aliphatic rings. The topological polar surface area (TPSA) is 99.1 Å². The molecule has 1 N–H and O–H groups in total. The van der Waals surface area contributed by atoms with E-state index in [9.17, 15) is 14.9 Å². The van der Waals surface area contributed by atoms with Crippen LogP contribution in [0.5, 0.6) is 0 Å². The van der Waals surface area contributed by atoms with E-state index in [-0.39, 0.29) is 12.4 Å². The van der Waals surface area contributed by atoms with Gasteiger partial charge in [0.2, 0.25) is 0 Å². The van der Waals surface area contributed by atoms with Crippen molar-refractivity contribution < 1.29 is 14.3 Å². The van der Waals surface area contributed by atoms with Gasteiger partial charge in [0.15, 0.2) is 11.7 Å². The molecule has 2 aromatic rings. The second-order valence-electron chi connectivity index (χ2n) is 6.50. The minimum Gasteiger partial charge on any atom is -0.444 e. The summed E-state index contributed by atoms with van der Waals surface area (Å²) in [5, 5.41) is 9.35. The van der Waals surface area contributed by atoms with Crippen molar-refractivity contribution in [3.05, 3.63) is 30.1 Å². The molecule has 0 fully saturated rings. The fourth-order valence-corrected chi connectivity index (χ4v) is 2.12. The van der Waals surface area contributed by atoms with E-state index < -0.39 is 23.4 Å². The highest BCUT2D eigenvalue weighted by Gasteiger charge is 2.27. The molecule has 1 aromatic carbocycles. The van der Waals surface area contributed by atoms with Crippen LogP contribution in [-0.4, -0.2) is 45.9 Å². The second-order valence-corrected chi connectivity index (χ2v) is 6.50. The summed E-state index contributed by atoms with van der Waals surface area (Å²) in [5.41, 5.74) is 0.781. The van der Waals surface area contributed by atoms with Crippen LogP contribution in [0.25, 0.3) is 11.0 Å². The van der Waals surface area contributed by atoms with Crippen molar-refractivity contribution in [3.63, 3.8) is 0 Å². The van der Waals surface area contributed by atoms with Gasteiger partial charge < -0.3 is 14.6 Å². The van der Waals surface area contributed by atoms with E-state index >= 15 is 0 Å². The number of Topliss-reactive ketones (excluding diaryl/α,β-unsaturated/α-hetero) is 1. The van der Waals surface area contributed by atoms with Gasteiger partial charge in [-0.3, -0.25) is 4.79 Å². The number of nitrogens with zero attached hydrogens (tertiary/aromatic N) is 3. The van der Waals surface area contributed by atoms with Crippen LogP contribution in [0, 0.1) is 11.3 Å². The Morgan fingerprint density at radius 1 is 1.38 bits per heavy atom. The summed E-state index contributed by atoms with van der Waals surface area (Å²) in [5.74, 6) is -1.21. The standard InChI is InChI=1S/C17H20N4O3/c1-17(2,3)24-16(23)21(4)10-14(22)11(9-18)15-19-12-7-5-6-8-13(12)20-15/h5-8,11H,10H2,1-4H3,(H,19,20)/t11-/m0/s1. The maximum Gasteiger partial charge on any atom is 0.410 e. The van der Waals surface area contributed by atoms with Crippen LogP contribution >= 0.6 is 0 Å².